The number of aryl methyl sites for hydroxylation is 2. The van der Waals surface area contributed by atoms with E-state index in [-0.39, 0.29) is 17.8 Å². The first-order chi connectivity index (χ1) is 12.5. The topological polar surface area (TPSA) is 96.7 Å². The van der Waals surface area contributed by atoms with E-state index >= 15 is 0 Å². The molecule has 9 heteroatoms. The van der Waals surface area contributed by atoms with Crippen LogP contribution in [0.4, 0.5) is 8.78 Å². The van der Waals surface area contributed by atoms with Crippen molar-refractivity contribution >= 4 is 5.91 Å². The van der Waals surface area contributed by atoms with Crippen LogP contribution in [0.3, 0.4) is 0 Å². The highest BCUT2D eigenvalue weighted by atomic mass is 19.3. The highest BCUT2D eigenvalue weighted by Gasteiger charge is 2.26. The number of aromatic amines is 1. The van der Waals surface area contributed by atoms with Gasteiger partial charge in [-0.15, -0.1) is 0 Å². The molecule has 134 valence electrons. The molecule has 1 aliphatic rings. The smallest absolute Gasteiger partial charge is 0.315 e. The summed E-state index contributed by atoms with van der Waals surface area (Å²) in [5.74, 6) is -0.747. The average Bonchev–Trinajstić information content (AvgIpc) is 3.34. The summed E-state index contributed by atoms with van der Waals surface area (Å²) in [6.07, 6.45) is 0.297. The third kappa shape index (κ3) is 2.85. The van der Waals surface area contributed by atoms with E-state index in [2.05, 4.69) is 30.2 Å². The molecule has 1 aromatic carbocycles. The Labute approximate surface area is 146 Å². The lowest BCUT2D eigenvalue weighted by Crippen LogP contribution is -2.27. The van der Waals surface area contributed by atoms with E-state index < -0.39 is 12.3 Å². The van der Waals surface area contributed by atoms with Gasteiger partial charge < -0.3 is 9.84 Å². The molecule has 3 aromatic rings. The van der Waals surface area contributed by atoms with Crippen LogP contribution < -0.4 is 5.32 Å². The number of H-pyrrole nitrogens is 1. The van der Waals surface area contributed by atoms with Gasteiger partial charge in [-0.1, -0.05) is 17.3 Å². The minimum atomic E-state index is -2.79. The number of fused-ring (bicyclic) bond motifs is 1. The van der Waals surface area contributed by atoms with Crippen molar-refractivity contribution in [2.75, 3.05) is 0 Å². The van der Waals surface area contributed by atoms with Gasteiger partial charge in [0, 0.05) is 11.8 Å². The number of rotatable bonds is 4. The summed E-state index contributed by atoms with van der Waals surface area (Å²) in [7, 11) is 0. The number of benzene rings is 1. The van der Waals surface area contributed by atoms with E-state index in [1.807, 2.05) is 12.1 Å². The van der Waals surface area contributed by atoms with Crippen LogP contribution in [-0.2, 0) is 6.42 Å². The fourth-order valence-corrected chi connectivity index (χ4v) is 3.17. The minimum absolute atomic E-state index is 0.109. The van der Waals surface area contributed by atoms with Gasteiger partial charge in [-0.3, -0.25) is 9.89 Å². The Morgan fingerprint density at radius 3 is 2.96 bits per heavy atom. The number of halogens is 2. The second kappa shape index (κ2) is 6.32. The fourth-order valence-electron chi connectivity index (χ4n) is 3.17. The lowest BCUT2D eigenvalue weighted by atomic mass is 10.0. The van der Waals surface area contributed by atoms with Gasteiger partial charge in [0.05, 0.1) is 17.3 Å². The third-order valence-electron chi connectivity index (χ3n) is 4.49. The molecule has 0 aliphatic heterocycles. The summed E-state index contributed by atoms with van der Waals surface area (Å²) in [5, 5.41) is 13.2. The Morgan fingerprint density at radius 2 is 2.27 bits per heavy atom. The third-order valence-corrected chi connectivity index (χ3v) is 4.49. The zero-order chi connectivity index (χ0) is 18.3. The highest BCUT2D eigenvalue weighted by molar-refractivity contribution is 5.95. The van der Waals surface area contributed by atoms with Gasteiger partial charge in [-0.2, -0.15) is 18.9 Å². The molecule has 2 heterocycles. The number of carbonyl (C=O) groups excluding carboxylic acids is 1. The van der Waals surface area contributed by atoms with Crippen molar-refractivity contribution in [2.24, 2.45) is 0 Å². The van der Waals surface area contributed by atoms with Crippen molar-refractivity contribution in [3.63, 3.8) is 0 Å². The first-order valence-electron chi connectivity index (χ1n) is 8.09. The summed E-state index contributed by atoms with van der Waals surface area (Å²) in [4.78, 5) is 16.1. The van der Waals surface area contributed by atoms with E-state index in [4.69, 9.17) is 0 Å². The molecule has 0 radical (unpaired) electrons. The molecule has 7 nitrogen and oxygen atoms in total. The number of carbonyl (C=O) groups is 1. The lowest BCUT2D eigenvalue weighted by molar-refractivity contribution is 0.0936. The van der Waals surface area contributed by atoms with Crippen LogP contribution in [-0.4, -0.2) is 26.2 Å². The summed E-state index contributed by atoms with van der Waals surface area (Å²) in [6.45, 7) is 1.76. The van der Waals surface area contributed by atoms with Crippen LogP contribution >= 0.6 is 0 Å². The summed E-state index contributed by atoms with van der Waals surface area (Å²) in [5.41, 5.74) is 3.79. The van der Waals surface area contributed by atoms with E-state index in [0.29, 0.717) is 16.8 Å². The monoisotopic (exact) mass is 359 g/mol. The minimum Gasteiger partial charge on any atom is -0.345 e. The Morgan fingerprint density at radius 1 is 1.42 bits per heavy atom. The molecule has 26 heavy (non-hydrogen) atoms. The van der Waals surface area contributed by atoms with Gasteiger partial charge in [0.2, 0.25) is 5.82 Å². The van der Waals surface area contributed by atoms with Gasteiger partial charge in [0.25, 0.3) is 11.8 Å². The maximum Gasteiger partial charge on any atom is 0.315 e. The average molecular weight is 359 g/mol. The van der Waals surface area contributed by atoms with Crippen LogP contribution in [0.15, 0.2) is 28.9 Å². The summed E-state index contributed by atoms with van der Waals surface area (Å²) < 4.78 is 29.7. The van der Waals surface area contributed by atoms with Crippen molar-refractivity contribution in [3.05, 3.63) is 52.7 Å². The molecule has 0 bridgehead atoms. The van der Waals surface area contributed by atoms with Crippen LogP contribution in [0, 0.1) is 6.92 Å². The molecule has 4 rings (SSSR count). The fraction of sp³-hybridized carbons (Fsp3) is 0.294. The predicted octanol–water partition coefficient (Wildman–Crippen LogP) is 3.12. The molecule has 0 fully saturated rings. The SMILES string of the molecule is Cc1n[nH]cc1C(=O)NC1CCc2cc(-c3noc(C(F)F)n3)ccc21. The standard InChI is InChI=1S/C17H15F2N5O2/c1-8-12(7-20-23-8)16(25)21-13-5-3-9-6-10(2-4-11(9)13)15-22-17(14(18)19)26-24-15/h2,4,6-7,13-14H,3,5H2,1H3,(H,20,23)(H,21,25). The molecule has 0 saturated heterocycles. The van der Waals surface area contributed by atoms with Gasteiger partial charge in [0.15, 0.2) is 0 Å². The molecule has 1 unspecified atom stereocenters. The van der Waals surface area contributed by atoms with Crippen LogP contribution in [0.2, 0.25) is 0 Å². The molecule has 1 atom stereocenters. The second-order valence-corrected chi connectivity index (χ2v) is 6.12. The van der Waals surface area contributed by atoms with E-state index in [1.54, 1.807) is 19.2 Å². The number of amides is 1. The lowest BCUT2D eigenvalue weighted by Gasteiger charge is -2.14. The van der Waals surface area contributed by atoms with Gasteiger partial charge >= 0.3 is 6.43 Å². The largest absolute Gasteiger partial charge is 0.345 e. The zero-order valence-electron chi connectivity index (χ0n) is 13.8. The van der Waals surface area contributed by atoms with Crippen molar-refractivity contribution in [2.45, 2.75) is 32.2 Å². The molecule has 0 spiro atoms. The number of nitrogens with zero attached hydrogens (tertiary/aromatic N) is 3. The first kappa shape index (κ1) is 16.4. The van der Waals surface area contributed by atoms with Crippen LogP contribution in [0.1, 0.15) is 52.0 Å². The normalized spacial score (nSPS) is 16.1. The van der Waals surface area contributed by atoms with Crippen molar-refractivity contribution in [3.8, 4) is 11.4 Å². The second-order valence-electron chi connectivity index (χ2n) is 6.12. The molecule has 2 N–H and O–H groups in total. The van der Waals surface area contributed by atoms with E-state index in [0.717, 1.165) is 24.0 Å². The van der Waals surface area contributed by atoms with E-state index in [9.17, 15) is 13.6 Å². The molecule has 0 saturated carbocycles. The quantitative estimate of drug-likeness (QED) is 0.746. The summed E-state index contributed by atoms with van der Waals surface area (Å²) >= 11 is 0. The first-order valence-corrected chi connectivity index (χ1v) is 8.09. The zero-order valence-corrected chi connectivity index (χ0v) is 13.8. The van der Waals surface area contributed by atoms with Crippen LogP contribution in [0.5, 0.6) is 0 Å². The van der Waals surface area contributed by atoms with Crippen molar-refractivity contribution in [1.29, 1.82) is 0 Å². The molecular formula is C17H15F2N5O2. The number of hydrogen-bond acceptors (Lipinski definition) is 5. The molecule has 2 aromatic heterocycles. The molecule has 1 amide bonds. The summed E-state index contributed by atoms with van der Waals surface area (Å²) in [6, 6.07) is 5.35. The predicted molar refractivity (Wildman–Crippen MR) is 86.5 cm³/mol. The Kier molecular flexibility index (Phi) is 3.98. The Balaban J connectivity index is 1.54. The van der Waals surface area contributed by atoms with Gasteiger partial charge in [0.1, 0.15) is 0 Å². The van der Waals surface area contributed by atoms with Crippen molar-refractivity contribution in [1.82, 2.24) is 25.7 Å². The maximum absolute atomic E-state index is 12.6. The number of nitrogens with one attached hydrogen (secondary N) is 2. The van der Waals surface area contributed by atoms with E-state index in [1.165, 1.54) is 0 Å². The molecule has 1 aliphatic carbocycles. The number of aromatic nitrogens is 4. The number of hydrogen-bond donors (Lipinski definition) is 2. The Hall–Kier alpha value is -3.10. The highest BCUT2D eigenvalue weighted by Crippen LogP contribution is 2.34. The van der Waals surface area contributed by atoms with Gasteiger partial charge in [-0.25, -0.2) is 0 Å². The Bertz CT molecular complexity index is 966. The van der Waals surface area contributed by atoms with Crippen molar-refractivity contribution < 1.29 is 18.1 Å². The van der Waals surface area contributed by atoms with Crippen LogP contribution in [0.25, 0.3) is 11.4 Å². The number of alkyl halides is 2. The molecular weight excluding hydrogens is 344 g/mol. The van der Waals surface area contributed by atoms with Gasteiger partial charge in [-0.05, 0) is 37.0 Å². The maximum atomic E-state index is 12.6.